The number of nitrogens with zero attached hydrogens (tertiary/aromatic N) is 2. The predicted molar refractivity (Wildman–Crippen MR) is 92.1 cm³/mol. The molecule has 2 rings (SSSR count). The van der Waals surface area contributed by atoms with E-state index >= 15 is 0 Å². The Morgan fingerprint density at radius 3 is 2.78 bits per heavy atom. The molecule has 1 atom stereocenters. The molecule has 1 aliphatic heterocycles. The van der Waals surface area contributed by atoms with Crippen LogP contribution < -0.4 is 5.32 Å². The summed E-state index contributed by atoms with van der Waals surface area (Å²) in [7, 11) is 0. The van der Waals surface area contributed by atoms with Crippen LogP contribution in [-0.2, 0) is 13.1 Å². The third-order valence-corrected chi connectivity index (χ3v) is 4.42. The van der Waals surface area contributed by atoms with E-state index in [2.05, 4.69) is 36.2 Å². The first-order valence-corrected chi connectivity index (χ1v) is 8.63. The van der Waals surface area contributed by atoms with Gasteiger partial charge in [-0.05, 0) is 37.1 Å². The van der Waals surface area contributed by atoms with E-state index in [1.807, 2.05) is 12.1 Å². The first kappa shape index (κ1) is 17.8. The van der Waals surface area contributed by atoms with Crippen LogP contribution in [0.25, 0.3) is 0 Å². The standard InChI is InChI=1S/C18H29N3O2/c1-3-20(4-2)13-16-8-5-7-15(11-16)12-19-18(23)21-10-6-9-17(22)14-21/h5,7-8,11,17,22H,3-4,6,9-10,12-14H2,1-2H3,(H,19,23). The Balaban J connectivity index is 1.86. The van der Waals surface area contributed by atoms with Crippen LogP contribution >= 0.6 is 0 Å². The van der Waals surface area contributed by atoms with Crippen molar-refractivity contribution in [2.24, 2.45) is 0 Å². The van der Waals surface area contributed by atoms with Crippen molar-refractivity contribution in [1.82, 2.24) is 15.1 Å². The van der Waals surface area contributed by atoms with Crippen LogP contribution in [0.3, 0.4) is 0 Å². The van der Waals surface area contributed by atoms with Crippen molar-refractivity contribution in [3.8, 4) is 0 Å². The van der Waals surface area contributed by atoms with Gasteiger partial charge in [0.05, 0.1) is 6.10 Å². The van der Waals surface area contributed by atoms with Crippen LogP contribution in [0.4, 0.5) is 4.79 Å². The molecule has 0 aromatic heterocycles. The van der Waals surface area contributed by atoms with Gasteiger partial charge in [0.15, 0.2) is 0 Å². The van der Waals surface area contributed by atoms with Crippen molar-refractivity contribution in [3.05, 3.63) is 35.4 Å². The smallest absolute Gasteiger partial charge is 0.317 e. The second-order valence-corrected chi connectivity index (χ2v) is 6.18. The number of amides is 2. The minimum atomic E-state index is -0.383. The highest BCUT2D eigenvalue weighted by Gasteiger charge is 2.21. The Hall–Kier alpha value is -1.59. The molecular weight excluding hydrogens is 290 g/mol. The molecule has 1 heterocycles. The molecule has 1 aliphatic rings. The third-order valence-electron chi connectivity index (χ3n) is 4.42. The first-order chi connectivity index (χ1) is 11.1. The molecule has 23 heavy (non-hydrogen) atoms. The topological polar surface area (TPSA) is 55.8 Å². The molecule has 0 saturated carbocycles. The lowest BCUT2D eigenvalue weighted by Gasteiger charge is -2.30. The van der Waals surface area contributed by atoms with E-state index in [4.69, 9.17) is 0 Å². The lowest BCUT2D eigenvalue weighted by atomic mass is 10.1. The van der Waals surface area contributed by atoms with E-state index < -0.39 is 0 Å². The number of carbonyl (C=O) groups excluding carboxylic acids is 1. The molecular formula is C18H29N3O2. The largest absolute Gasteiger partial charge is 0.391 e. The fourth-order valence-corrected chi connectivity index (χ4v) is 2.97. The molecule has 1 saturated heterocycles. The number of likely N-dealkylation sites (tertiary alicyclic amines) is 1. The maximum absolute atomic E-state index is 12.2. The monoisotopic (exact) mass is 319 g/mol. The molecule has 1 aromatic rings. The quantitative estimate of drug-likeness (QED) is 0.845. The Morgan fingerprint density at radius 1 is 1.35 bits per heavy atom. The lowest BCUT2D eigenvalue weighted by Crippen LogP contribution is -2.46. The molecule has 1 aromatic carbocycles. The fourth-order valence-electron chi connectivity index (χ4n) is 2.97. The van der Waals surface area contributed by atoms with E-state index in [0.29, 0.717) is 13.1 Å². The lowest BCUT2D eigenvalue weighted by molar-refractivity contribution is 0.0842. The molecule has 5 nitrogen and oxygen atoms in total. The number of nitrogens with one attached hydrogen (secondary N) is 1. The normalized spacial score (nSPS) is 18.3. The molecule has 1 unspecified atom stereocenters. The van der Waals surface area contributed by atoms with Crippen LogP contribution in [-0.4, -0.2) is 53.2 Å². The van der Waals surface area contributed by atoms with Gasteiger partial charge in [0, 0.05) is 26.2 Å². The van der Waals surface area contributed by atoms with Gasteiger partial charge in [-0.3, -0.25) is 4.90 Å². The van der Waals surface area contributed by atoms with Gasteiger partial charge in [-0.25, -0.2) is 4.79 Å². The van der Waals surface area contributed by atoms with Gasteiger partial charge in [0.2, 0.25) is 0 Å². The maximum atomic E-state index is 12.2. The fraction of sp³-hybridized carbons (Fsp3) is 0.611. The van der Waals surface area contributed by atoms with E-state index in [9.17, 15) is 9.90 Å². The highest BCUT2D eigenvalue weighted by Crippen LogP contribution is 2.11. The Kier molecular flexibility index (Phi) is 6.86. The number of aliphatic hydroxyl groups excluding tert-OH is 1. The summed E-state index contributed by atoms with van der Waals surface area (Å²) in [5, 5.41) is 12.6. The summed E-state index contributed by atoms with van der Waals surface area (Å²) in [6, 6.07) is 8.29. The van der Waals surface area contributed by atoms with Crippen LogP contribution in [0, 0.1) is 0 Å². The van der Waals surface area contributed by atoms with Crippen LogP contribution in [0.5, 0.6) is 0 Å². The van der Waals surface area contributed by atoms with Gasteiger partial charge in [0.1, 0.15) is 0 Å². The number of aliphatic hydroxyl groups is 1. The second kappa shape index (κ2) is 8.89. The molecule has 2 N–H and O–H groups in total. The minimum Gasteiger partial charge on any atom is -0.391 e. The zero-order valence-corrected chi connectivity index (χ0v) is 14.3. The average molecular weight is 319 g/mol. The SMILES string of the molecule is CCN(CC)Cc1cccc(CNC(=O)N2CCCC(O)C2)c1. The van der Waals surface area contributed by atoms with E-state index in [-0.39, 0.29) is 12.1 Å². The van der Waals surface area contributed by atoms with Gasteiger partial charge in [-0.1, -0.05) is 38.1 Å². The van der Waals surface area contributed by atoms with Crippen molar-refractivity contribution in [1.29, 1.82) is 0 Å². The molecule has 2 amide bonds. The summed E-state index contributed by atoms with van der Waals surface area (Å²) in [4.78, 5) is 16.2. The van der Waals surface area contributed by atoms with Crippen molar-refractivity contribution < 1.29 is 9.90 Å². The minimum absolute atomic E-state index is 0.0853. The summed E-state index contributed by atoms with van der Waals surface area (Å²) in [6.45, 7) is 9.04. The van der Waals surface area contributed by atoms with Gasteiger partial charge >= 0.3 is 6.03 Å². The van der Waals surface area contributed by atoms with E-state index in [0.717, 1.165) is 44.6 Å². The predicted octanol–water partition coefficient (Wildman–Crippen LogP) is 2.19. The van der Waals surface area contributed by atoms with Crippen LogP contribution in [0.15, 0.2) is 24.3 Å². The number of hydrogen-bond donors (Lipinski definition) is 2. The van der Waals surface area contributed by atoms with Gasteiger partial charge < -0.3 is 15.3 Å². The summed E-state index contributed by atoms with van der Waals surface area (Å²) in [5.41, 5.74) is 2.38. The molecule has 0 aliphatic carbocycles. The highest BCUT2D eigenvalue weighted by atomic mass is 16.3. The molecule has 0 bridgehead atoms. The summed E-state index contributed by atoms with van der Waals surface area (Å²) >= 11 is 0. The number of hydrogen-bond acceptors (Lipinski definition) is 3. The number of β-amino-alcohol motifs (C(OH)–C–C–N with tert-alkyl or cyclic N) is 1. The van der Waals surface area contributed by atoms with Crippen LogP contribution in [0.2, 0.25) is 0 Å². The average Bonchev–Trinajstić information content (AvgIpc) is 2.58. The van der Waals surface area contributed by atoms with Crippen molar-refractivity contribution in [3.63, 3.8) is 0 Å². The summed E-state index contributed by atoms with van der Waals surface area (Å²) < 4.78 is 0. The van der Waals surface area contributed by atoms with Gasteiger partial charge in [-0.2, -0.15) is 0 Å². The van der Waals surface area contributed by atoms with Crippen molar-refractivity contribution >= 4 is 6.03 Å². The number of urea groups is 1. The highest BCUT2D eigenvalue weighted by molar-refractivity contribution is 5.74. The van der Waals surface area contributed by atoms with Gasteiger partial charge in [-0.15, -0.1) is 0 Å². The maximum Gasteiger partial charge on any atom is 0.317 e. The number of carbonyl (C=O) groups is 1. The molecule has 128 valence electrons. The molecule has 1 fully saturated rings. The number of rotatable bonds is 6. The van der Waals surface area contributed by atoms with Crippen molar-refractivity contribution in [2.45, 2.75) is 45.9 Å². The third kappa shape index (κ3) is 5.52. The number of piperidine rings is 1. The van der Waals surface area contributed by atoms with Crippen LogP contribution in [0.1, 0.15) is 37.8 Å². The first-order valence-electron chi connectivity index (χ1n) is 8.63. The second-order valence-electron chi connectivity index (χ2n) is 6.18. The molecule has 5 heteroatoms. The Labute approximate surface area is 139 Å². The van der Waals surface area contributed by atoms with Crippen molar-refractivity contribution in [2.75, 3.05) is 26.2 Å². The summed E-state index contributed by atoms with van der Waals surface area (Å²) in [6.07, 6.45) is 1.28. The zero-order valence-electron chi connectivity index (χ0n) is 14.3. The van der Waals surface area contributed by atoms with E-state index in [1.165, 1.54) is 5.56 Å². The molecule has 0 spiro atoms. The Morgan fingerprint density at radius 2 is 2.09 bits per heavy atom. The van der Waals surface area contributed by atoms with Gasteiger partial charge in [0.25, 0.3) is 0 Å². The zero-order chi connectivity index (χ0) is 16.7. The number of benzene rings is 1. The Bertz CT molecular complexity index is 503. The molecule has 0 radical (unpaired) electrons. The van der Waals surface area contributed by atoms with E-state index in [1.54, 1.807) is 4.90 Å². The summed E-state index contributed by atoms with van der Waals surface area (Å²) in [5.74, 6) is 0.